The Morgan fingerprint density at radius 1 is 1.12 bits per heavy atom. The van der Waals surface area contributed by atoms with E-state index < -0.39 is 0 Å². The minimum Gasteiger partial charge on any atom is -0.454 e. The van der Waals surface area contributed by atoms with Gasteiger partial charge in [0.15, 0.2) is 11.5 Å². The zero-order valence-electron chi connectivity index (χ0n) is 15.7. The summed E-state index contributed by atoms with van der Waals surface area (Å²) in [6.07, 6.45) is 15.9. The lowest BCUT2D eigenvalue weighted by atomic mass is 10.1. The SMILES string of the molecule is CC(C)CNC(=O)C=CC=CCCCC=CCc1ccc2c(c1)OCO2. The fourth-order valence-corrected chi connectivity index (χ4v) is 2.44. The summed E-state index contributed by atoms with van der Waals surface area (Å²) >= 11 is 0. The van der Waals surface area contributed by atoms with Gasteiger partial charge in [0.2, 0.25) is 12.7 Å². The Kier molecular flexibility index (Phi) is 8.53. The maximum Gasteiger partial charge on any atom is 0.243 e. The summed E-state index contributed by atoms with van der Waals surface area (Å²) in [5.74, 6) is 2.11. The van der Waals surface area contributed by atoms with Crippen LogP contribution in [-0.2, 0) is 11.2 Å². The highest BCUT2D eigenvalue weighted by Gasteiger charge is 2.12. The zero-order chi connectivity index (χ0) is 18.6. The molecule has 0 unspecified atom stereocenters. The molecule has 1 aromatic carbocycles. The van der Waals surface area contributed by atoms with Crippen LogP contribution in [-0.4, -0.2) is 19.2 Å². The number of hydrogen-bond acceptors (Lipinski definition) is 3. The van der Waals surface area contributed by atoms with Gasteiger partial charge in [-0.1, -0.05) is 50.3 Å². The summed E-state index contributed by atoms with van der Waals surface area (Å²) < 4.78 is 10.7. The molecule has 0 atom stereocenters. The topological polar surface area (TPSA) is 47.6 Å². The van der Waals surface area contributed by atoms with Crippen LogP contribution in [0.25, 0.3) is 0 Å². The van der Waals surface area contributed by atoms with Crippen LogP contribution in [0.4, 0.5) is 0 Å². The van der Waals surface area contributed by atoms with E-state index in [1.54, 1.807) is 12.2 Å². The number of fused-ring (bicyclic) bond motifs is 1. The zero-order valence-corrected chi connectivity index (χ0v) is 15.7. The van der Waals surface area contributed by atoms with Crippen LogP contribution in [0, 0.1) is 5.92 Å². The van der Waals surface area contributed by atoms with E-state index in [9.17, 15) is 4.79 Å². The predicted molar refractivity (Wildman–Crippen MR) is 105 cm³/mol. The molecule has 0 spiro atoms. The van der Waals surface area contributed by atoms with E-state index in [1.807, 2.05) is 18.2 Å². The largest absolute Gasteiger partial charge is 0.454 e. The van der Waals surface area contributed by atoms with Crippen LogP contribution in [0.5, 0.6) is 11.5 Å². The van der Waals surface area contributed by atoms with Gasteiger partial charge in [-0.15, -0.1) is 0 Å². The van der Waals surface area contributed by atoms with Crippen molar-refractivity contribution in [1.82, 2.24) is 5.32 Å². The highest BCUT2D eigenvalue weighted by atomic mass is 16.7. The van der Waals surface area contributed by atoms with E-state index in [0.717, 1.165) is 37.2 Å². The third kappa shape index (κ3) is 7.60. The van der Waals surface area contributed by atoms with Crippen LogP contribution in [0.2, 0.25) is 0 Å². The molecule has 1 aromatic rings. The van der Waals surface area contributed by atoms with E-state index in [4.69, 9.17) is 9.47 Å². The normalized spacial score (nSPS) is 13.5. The first-order chi connectivity index (χ1) is 12.6. The Balaban J connectivity index is 1.54. The number of allylic oxidation sites excluding steroid dienone is 5. The first-order valence-electron chi connectivity index (χ1n) is 9.29. The van der Waals surface area contributed by atoms with Crippen molar-refractivity contribution in [3.8, 4) is 11.5 Å². The second kappa shape index (κ2) is 11.2. The van der Waals surface area contributed by atoms with Gasteiger partial charge in [-0.3, -0.25) is 4.79 Å². The standard InChI is InChI=1S/C22H29NO3/c1-18(2)16-23-22(24)12-10-8-6-4-3-5-7-9-11-19-13-14-20-21(15-19)26-17-25-20/h6-10,12-15,18H,3-5,11,16-17H2,1-2H3,(H,23,24). The van der Waals surface area contributed by atoms with Crippen molar-refractivity contribution in [2.45, 2.75) is 39.5 Å². The van der Waals surface area contributed by atoms with Crippen LogP contribution in [0.15, 0.2) is 54.7 Å². The van der Waals surface area contributed by atoms with Gasteiger partial charge in [-0.25, -0.2) is 0 Å². The second-order valence-electron chi connectivity index (χ2n) is 6.72. The maximum absolute atomic E-state index is 11.5. The molecule has 1 heterocycles. The molecule has 4 nitrogen and oxygen atoms in total. The molecule has 0 radical (unpaired) electrons. The van der Waals surface area contributed by atoms with Gasteiger partial charge in [0.05, 0.1) is 0 Å². The smallest absolute Gasteiger partial charge is 0.243 e. The summed E-state index contributed by atoms with van der Waals surface area (Å²) in [7, 11) is 0. The third-order valence-corrected chi connectivity index (χ3v) is 3.88. The average Bonchev–Trinajstić information content (AvgIpc) is 3.09. The van der Waals surface area contributed by atoms with Gasteiger partial charge < -0.3 is 14.8 Å². The van der Waals surface area contributed by atoms with Crippen LogP contribution >= 0.6 is 0 Å². The lowest BCUT2D eigenvalue weighted by molar-refractivity contribution is -0.116. The summed E-state index contributed by atoms with van der Waals surface area (Å²) in [5, 5.41) is 2.85. The Labute approximate surface area is 156 Å². The molecule has 26 heavy (non-hydrogen) atoms. The molecule has 0 aliphatic carbocycles. The van der Waals surface area contributed by atoms with E-state index in [1.165, 1.54) is 5.56 Å². The number of unbranched alkanes of at least 4 members (excludes halogenated alkanes) is 2. The number of carbonyl (C=O) groups excluding carboxylic acids is 1. The summed E-state index contributed by atoms with van der Waals surface area (Å²) in [6.45, 7) is 5.19. The Morgan fingerprint density at radius 2 is 1.92 bits per heavy atom. The Morgan fingerprint density at radius 3 is 2.77 bits per heavy atom. The summed E-state index contributed by atoms with van der Waals surface area (Å²) in [6, 6.07) is 6.08. The van der Waals surface area contributed by atoms with Crippen LogP contribution < -0.4 is 14.8 Å². The molecule has 0 saturated heterocycles. The molecule has 1 aliphatic rings. The Bertz CT molecular complexity index is 659. The fourth-order valence-electron chi connectivity index (χ4n) is 2.44. The predicted octanol–water partition coefficient (Wildman–Crippen LogP) is 4.57. The van der Waals surface area contributed by atoms with Gasteiger partial charge in [-0.2, -0.15) is 0 Å². The molecule has 140 valence electrons. The van der Waals surface area contributed by atoms with Gasteiger partial charge in [0.1, 0.15) is 0 Å². The molecule has 4 heteroatoms. The van der Waals surface area contributed by atoms with Crippen molar-refractivity contribution in [1.29, 1.82) is 0 Å². The molecule has 0 aromatic heterocycles. The van der Waals surface area contributed by atoms with E-state index >= 15 is 0 Å². The van der Waals surface area contributed by atoms with Gasteiger partial charge in [-0.05, 0) is 49.3 Å². The number of benzene rings is 1. The van der Waals surface area contributed by atoms with E-state index in [0.29, 0.717) is 19.3 Å². The molecule has 0 saturated carbocycles. The van der Waals surface area contributed by atoms with Crippen molar-refractivity contribution in [3.05, 3.63) is 60.2 Å². The third-order valence-electron chi connectivity index (χ3n) is 3.88. The molecule has 1 amide bonds. The number of rotatable bonds is 10. The minimum absolute atomic E-state index is 0.0326. The monoisotopic (exact) mass is 355 g/mol. The van der Waals surface area contributed by atoms with Crippen molar-refractivity contribution in [3.63, 3.8) is 0 Å². The van der Waals surface area contributed by atoms with Crippen molar-refractivity contribution < 1.29 is 14.3 Å². The molecule has 0 bridgehead atoms. The number of nitrogens with one attached hydrogen (secondary N) is 1. The number of amides is 1. The van der Waals surface area contributed by atoms with E-state index in [2.05, 4.69) is 43.5 Å². The second-order valence-corrected chi connectivity index (χ2v) is 6.72. The number of hydrogen-bond donors (Lipinski definition) is 1. The fraction of sp³-hybridized carbons (Fsp3) is 0.409. The summed E-state index contributed by atoms with van der Waals surface area (Å²) in [5.41, 5.74) is 1.23. The van der Waals surface area contributed by atoms with Crippen LogP contribution in [0.3, 0.4) is 0 Å². The molecule has 1 aliphatic heterocycles. The maximum atomic E-state index is 11.5. The molecule has 2 rings (SSSR count). The highest BCUT2D eigenvalue weighted by Crippen LogP contribution is 2.32. The first kappa shape index (κ1) is 19.8. The van der Waals surface area contributed by atoms with Gasteiger partial charge >= 0.3 is 0 Å². The number of ether oxygens (including phenoxy) is 2. The summed E-state index contributed by atoms with van der Waals surface area (Å²) in [4.78, 5) is 11.5. The lowest BCUT2D eigenvalue weighted by Crippen LogP contribution is -2.25. The minimum atomic E-state index is -0.0326. The lowest BCUT2D eigenvalue weighted by Gasteiger charge is -2.03. The molecule has 0 fully saturated rings. The van der Waals surface area contributed by atoms with E-state index in [-0.39, 0.29) is 5.91 Å². The molecule has 1 N–H and O–H groups in total. The van der Waals surface area contributed by atoms with Crippen molar-refractivity contribution in [2.75, 3.05) is 13.3 Å². The Hall–Kier alpha value is -2.49. The first-order valence-corrected chi connectivity index (χ1v) is 9.29. The van der Waals surface area contributed by atoms with Gasteiger partial charge in [0.25, 0.3) is 0 Å². The van der Waals surface area contributed by atoms with Crippen molar-refractivity contribution in [2.24, 2.45) is 5.92 Å². The quantitative estimate of drug-likeness (QED) is 0.289. The average molecular weight is 355 g/mol. The van der Waals surface area contributed by atoms with Crippen LogP contribution in [0.1, 0.15) is 38.7 Å². The number of carbonyl (C=O) groups is 1. The van der Waals surface area contributed by atoms with Crippen molar-refractivity contribution >= 4 is 5.91 Å². The molecular weight excluding hydrogens is 326 g/mol. The highest BCUT2D eigenvalue weighted by molar-refractivity contribution is 5.87. The molecular formula is C22H29NO3. The van der Waals surface area contributed by atoms with Gasteiger partial charge in [0, 0.05) is 12.6 Å².